The summed E-state index contributed by atoms with van der Waals surface area (Å²) in [4.78, 5) is 24.4. The van der Waals surface area contributed by atoms with E-state index in [0.29, 0.717) is 16.3 Å². The molecule has 1 aliphatic heterocycles. The molecule has 0 bridgehead atoms. The number of carboxylic acids is 1. The Bertz CT molecular complexity index is 543. The lowest BCUT2D eigenvalue weighted by Gasteiger charge is -2.36. The molecule has 7 heteroatoms. The number of nitrogens with zero attached hydrogens (tertiary/aromatic N) is 1. The first-order valence-electron chi connectivity index (χ1n) is 5.49. The zero-order valence-corrected chi connectivity index (χ0v) is 12.9. The summed E-state index contributed by atoms with van der Waals surface area (Å²) in [5.41, 5.74) is 0.358. The number of rotatable bonds is 3. The third-order valence-electron chi connectivity index (χ3n) is 2.99. The maximum atomic E-state index is 12.2. The van der Waals surface area contributed by atoms with Crippen molar-refractivity contribution in [3.8, 4) is 5.75 Å². The Hall–Kier alpha value is -1.02. The van der Waals surface area contributed by atoms with Crippen LogP contribution in [0.1, 0.15) is 10.4 Å². The molecule has 0 aliphatic carbocycles. The molecule has 0 aromatic heterocycles. The first-order chi connectivity index (χ1) is 8.93. The topological polar surface area (TPSA) is 66.8 Å². The molecule has 0 radical (unpaired) electrons. The minimum atomic E-state index is -0.878. The van der Waals surface area contributed by atoms with Gasteiger partial charge in [0.2, 0.25) is 0 Å². The largest absolute Gasteiger partial charge is 0.496 e. The van der Waals surface area contributed by atoms with Crippen molar-refractivity contribution in [3.05, 3.63) is 26.3 Å². The van der Waals surface area contributed by atoms with Crippen molar-refractivity contribution in [2.45, 2.75) is 0 Å². The molecule has 1 heterocycles. The number of halogens is 2. The summed E-state index contributed by atoms with van der Waals surface area (Å²) in [6.07, 6.45) is 0. The minimum Gasteiger partial charge on any atom is -0.496 e. The van der Waals surface area contributed by atoms with Crippen LogP contribution in [0.3, 0.4) is 0 Å². The average molecular weight is 396 g/mol. The highest BCUT2D eigenvalue weighted by atomic mass is 127. The Morgan fingerprint density at radius 1 is 1.47 bits per heavy atom. The Morgan fingerprint density at radius 2 is 2.11 bits per heavy atom. The summed E-state index contributed by atoms with van der Waals surface area (Å²) in [6, 6.07) is 3.24. The van der Waals surface area contributed by atoms with Crippen LogP contribution in [-0.2, 0) is 4.79 Å². The highest BCUT2D eigenvalue weighted by molar-refractivity contribution is 14.1. The number of benzene rings is 1. The summed E-state index contributed by atoms with van der Waals surface area (Å²) in [5, 5.41) is 9.27. The molecule has 1 aromatic rings. The van der Waals surface area contributed by atoms with Crippen LogP contribution in [0.4, 0.5) is 0 Å². The van der Waals surface area contributed by atoms with Crippen LogP contribution < -0.4 is 4.74 Å². The Morgan fingerprint density at radius 3 is 2.63 bits per heavy atom. The van der Waals surface area contributed by atoms with E-state index in [9.17, 15) is 9.59 Å². The zero-order valence-electron chi connectivity index (χ0n) is 10.0. The second-order valence-electron chi connectivity index (χ2n) is 4.21. The maximum absolute atomic E-state index is 12.2. The van der Waals surface area contributed by atoms with Crippen molar-refractivity contribution >= 4 is 46.1 Å². The number of carboxylic acid groups (broad SMARTS) is 1. The summed E-state index contributed by atoms with van der Waals surface area (Å²) in [7, 11) is 1.48. The molecule has 102 valence electrons. The molecule has 0 spiro atoms. The van der Waals surface area contributed by atoms with Gasteiger partial charge < -0.3 is 14.7 Å². The zero-order chi connectivity index (χ0) is 14.2. The van der Waals surface area contributed by atoms with Gasteiger partial charge in [-0.3, -0.25) is 9.59 Å². The van der Waals surface area contributed by atoms with Crippen molar-refractivity contribution in [3.63, 3.8) is 0 Å². The molecular weight excluding hydrogens is 384 g/mol. The van der Waals surface area contributed by atoms with Gasteiger partial charge in [0.05, 0.1) is 23.6 Å². The third kappa shape index (κ3) is 2.79. The number of hydrogen-bond acceptors (Lipinski definition) is 3. The van der Waals surface area contributed by atoms with Gasteiger partial charge in [-0.05, 0) is 34.7 Å². The SMILES string of the molecule is COc1cc(I)c(Cl)cc1C(=O)N1CC(C(=O)O)C1. The fourth-order valence-corrected chi connectivity index (χ4v) is 2.44. The van der Waals surface area contributed by atoms with Gasteiger partial charge in [-0.1, -0.05) is 11.6 Å². The molecule has 5 nitrogen and oxygen atoms in total. The number of aliphatic carboxylic acids is 1. The van der Waals surface area contributed by atoms with Crippen LogP contribution in [0, 0.1) is 9.49 Å². The summed E-state index contributed by atoms with van der Waals surface area (Å²) < 4.78 is 5.96. The van der Waals surface area contributed by atoms with Crippen LogP contribution in [0.25, 0.3) is 0 Å². The van der Waals surface area contributed by atoms with Crippen molar-refractivity contribution in [1.29, 1.82) is 0 Å². The Labute approximate surface area is 128 Å². The number of likely N-dealkylation sites (tertiary alicyclic amines) is 1. The normalized spacial score (nSPS) is 15.0. The lowest BCUT2D eigenvalue weighted by atomic mass is 9.99. The van der Waals surface area contributed by atoms with Crippen LogP contribution >= 0.6 is 34.2 Å². The smallest absolute Gasteiger partial charge is 0.310 e. The molecule has 1 aromatic carbocycles. The van der Waals surface area contributed by atoms with Gasteiger partial charge >= 0.3 is 5.97 Å². The van der Waals surface area contributed by atoms with Crippen LogP contribution in [-0.4, -0.2) is 42.1 Å². The van der Waals surface area contributed by atoms with E-state index in [0.717, 1.165) is 3.57 Å². The molecule has 1 fully saturated rings. The molecule has 2 rings (SSSR count). The Kier molecular flexibility index (Phi) is 4.19. The van der Waals surface area contributed by atoms with E-state index in [1.54, 1.807) is 12.1 Å². The van der Waals surface area contributed by atoms with Crippen molar-refractivity contribution in [1.82, 2.24) is 4.90 Å². The molecule has 0 saturated carbocycles. The number of carbonyl (C=O) groups excluding carboxylic acids is 1. The highest BCUT2D eigenvalue weighted by Crippen LogP contribution is 2.30. The Balaban J connectivity index is 2.21. The third-order valence-corrected chi connectivity index (χ3v) is 4.51. The van der Waals surface area contributed by atoms with E-state index in [1.807, 2.05) is 0 Å². The minimum absolute atomic E-state index is 0.223. The average Bonchev–Trinajstić information content (AvgIpc) is 2.29. The molecule has 1 aliphatic rings. The number of hydrogen-bond donors (Lipinski definition) is 1. The number of ether oxygens (including phenoxy) is 1. The summed E-state index contributed by atoms with van der Waals surface area (Å²) >= 11 is 8.06. The number of carbonyl (C=O) groups is 2. The van der Waals surface area contributed by atoms with Crippen molar-refractivity contribution in [2.75, 3.05) is 20.2 Å². The first-order valence-corrected chi connectivity index (χ1v) is 6.94. The molecule has 1 saturated heterocycles. The van der Waals surface area contributed by atoms with E-state index >= 15 is 0 Å². The van der Waals surface area contributed by atoms with E-state index in [2.05, 4.69) is 22.6 Å². The van der Waals surface area contributed by atoms with Gasteiger partial charge in [0.15, 0.2) is 0 Å². The van der Waals surface area contributed by atoms with E-state index in [-0.39, 0.29) is 19.0 Å². The van der Waals surface area contributed by atoms with Gasteiger partial charge in [0.25, 0.3) is 5.91 Å². The van der Waals surface area contributed by atoms with Gasteiger partial charge in [-0.25, -0.2) is 0 Å². The summed E-state index contributed by atoms with van der Waals surface area (Å²) in [6.45, 7) is 0.446. The highest BCUT2D eigenvalue weighted by Gasteiger charge is 2.36. The summed E-state index contributed by atoms with van der Waals surface area (Å²) in [5.74, 6) is -1.17. The number of methoxy groups -OCH3 is 1. The fraction of sp³-hybridized carbons (Fsp3) is 0.333. The molecule has 0 atom stereocenters. The molecule has 0 unspecified atom stereocenters. The quantitative estimate of drug-likeness (QED) is 0.796. The second kappa shape index (κ2) is 5.54. The predicted molar refractivity (Wildman–Crippen MR) is 77.8 cm³/mol. The lowest BCUT2D eigenvalue weighted by molar-refractivity contribution is -0.146. The van der Waals surface area contributed by atoms with Gasteiger partial charge in [-0.2, -0.15) is 0 Å². The van der Waals surface area contributed by atoms with E-state index in [4.69, 9.17) is 21.4 Å². The van der Waals surface area contributed by atoms with Crippen molar-refractivity contribution < 1.29 is 19.4 Å². The molecular formula is C12H11ClINO4. The van der Waals surface area contributed by atoms with Crippen LogP contribution in [0.2, 0.25) is 5.02 Å². The molecule has 19 heavy (non-hydrogen) atoms. The fourth-order valence-electron chi connectivity index (χ4n) is 1.84. The van der Waals surface area contributed by atoms with Gasteiger partial charge in [0, 0.05) is 16.7 Å². The maximum Gasteiger partial charge on any atom is 0.310 e. The van der Waals surface area contributed by atoms with Crippen molar-refractivity contribution in [2.24, 2.45) is 5.92 Å². The van der Waals surface area contributed by atoms with Crippen LogP contribution in [0.15, 0.2) is 12.1 Å². The monoisotopic (exact) mass is 395 g/mol. The lowest BCUT2D eigenvalue weighted by Crippen LogP contribution is -2.53. The molecule has 1 N–H and O–H groups in total. The van der Waals surface area contributed by atoms with E-state index in [1.165, 1.54) is 12.0 Å². The molecule has 1 amide bonds. The van der Waals surface area contributed by atoms with Gasteiger partial charge in [-0.15, -0.1) is 0 Å². The second-order valence-corrected chi connectivity index (χ2v) is 5.78. The predicted octanol–water partition coefficient (Wildman–Crippen LogP) is 2.11. The standard InChI is InChI=1S/C12H11ClINO4/c1-19-10-3-9(14)8(13)2-7(10)11(16)15-4-6(5-15)12(17)18/h2-3,6H,4-5H2,1H3,(H,17,18). The first kappa shape index (κ1) is 14.4. The van der Waals surface area contributed by atoms with E-state index < -0.39 is 11.9 Å². The van der Waals surface area contributed by atoms with Gasteiger partial charge in [0.1, 0.15) is 5.75 Å². The van der Waals surface area contributed by atoms with Crippen LogP contribution in [0.5, 0.6) is 5.75 Å². The number of amides is 1.